The number of hydrogen-bond acceptors (Lipinski definition) is 8. The van der Waals surface area contributed by atoms with Crippen molar-refractivity contribution < 1.29 is 29.3 Å². The summed E-state index contributed by atoms with van der Waals surface area (Å²) in [7, 11) is 1.50. The standard InChI is InChI=1S/C15H13NO6S2/c1-22-9-4-2-3-8(5-9)6-11-13(19)16(15(23)24-11)10(14(20)21)7-12(17)18/h2-6,10H,7H2,1H3,(H,17,18)(H,20,21)/p-2/b11-6-/t10-/m0/s1. The molecule has 0 N–H and O–H groups in total. The van der Waals surface area contributed by atoms with Crippen LogP contribution in [-0.4, -0.2) is 40.2 Å². The van der Waals surface area contributed by atoms with Gasteiger partial charge in [0.2, 0.25) is 0 Å². The van der Waals surface area contributed by atoms with Crippen LogP contribution >= 0.6 is 24.0 Å². The predicted molar refractivity (Wildman–Crippen MR) is 86.4 cm³/mol. The maximum Gasteiger partial charge on any atom is 0.266 e. The zero-order valence-electron chi connectivity index (χ0n) is 12.4. The summed E-state index contributed by atoms with van der Waals surface area (Å²) in [5.74, 6) is -3.43. The number of nitrogens with zero attached hydrogens (tertiary/aromatic N) is 1. The van der Waals surface area contributed by atoms with E-state index >= 15 is 0 Å². The van der Waals surface area contributed by atoms with Crippen LogP contribution in [0.3, 0.4) is 0 Å². The number of carbonyl (C=O) groups excluding carboxylic acids is 3. The predicted octanol–water partition coefficient (Wildman–Crippen LogP) is -0.845. The lowest BCUT2D eigenvalue weighted by Gasteiger charge is -2.27. The van der Waals surface area contributed by atoms with Crippen molar-refractivity contribution in [2.45, 2.75) is 12.5 Å². The highest BCUT2D eigenvalue weighted by atomic mass is 32.2. The van der Waals surface area contributed by atoms with Gasteiger partial charge < -0.3 is 24.5 Å². The number of aliphatic carboxylic acids is 2. The molecule has 1 aliphatic rings. The molecule has 0 saturated carbocycles. The van der Waals surface area contributed by atoms with Gasteiger partial charge in [0.15, 0.2) is 0 Å². The molecule has 1 aromatic rings. The van der Waals surface area contributed by atoms with Crippen LogP contribution in [0.25, 0.3) is 6.08 Å². The summed E-state index contributed by atoms with van der Waals surface area (Å²) < 4.78 is 5.04. The van der Waals surface area contributed by atoms with Gasteiger partial charge in [-0.3, -0.25) is 9.69 Å². The number of thiocarbonyl (C=S) groups is 1. The molecule has 1 atom stereocenters. The fraction of sp³-hybridized carbons (Fsp3) is 0.200. The van der Waals surface area contributed by atoms with Gasteiger partial charge in [0.05, 0.1) is 24.0 Å². The molecule has 0 bridgehead atoms. The van der Waals surface area contributed by atoms with Gasteiger partial charge in [-0.05, 0) is 23.8 Å². The molecule has 1 heterocycles. The summed E-state index contributed by atoms with van der Waals surface area (Å²) in [6.45, 7) is 0. The van der Waals surface area contributed by atoms with Crippen molar-refractivity contribution in [1.29, 1.82) is 0 Å². The smallest absolute Gasteiger partial charge is 0.266 e. The second-order valence-electron chi connectivity index (χ2n) is 4.74. The number of ether oxygens (including phenoxy) is 1. The molecular weight excluding hydrogens is 354 g/mol. The first-order valence-corrected chi connectivity index (χ1v) is 7.87. The van der Waals surface area contributed by atoms with E-state index in [0.29, 0.717) is 11.3 Å². The molecule has 2 rings (SSSR count). The number of benzene rings is 1. The van der Waals surface area contributed by atoms with Gasteiger partial charge in [-0.25, -0.2) is 0 Å². The Balaban J connectivity index is 2.31. The lowest BCUT2D eigenvalue weighted by molar-refractivity contribution is -0.319. The Morgan fingerprint density at radius 3 is 2.71 bits per heavy atom. The number of amides is 1. The number of carboxylic acids is 2. The lowest BCUT2D eigenvalue weighted by atomic mass is 10.1. The van der Waals surface area contributed by atoms with E-state index in [9.17, 15) is 24.6 Å². The zero-order chi connectivity index (χ0) is 17.9. The van der Waals surface area contributed by atoms with E-state index in [4.69, 9.17) is 17.0 Å². The van der Waals surface area contributed by atoms with Crippen molar-refractivity contribution in [1.82, 2.24) is 4.90 Å². The number of hydrogen-bond donors (Lipinski definition) is 0. The number of methoxy groups -OCH3 is 1. The molecule has 0 aliphatic carbocycles. The van der Waals surface area contributed by atoms with Crippen LogP contribution in [0.4, 0.5) is 0 Å². The Bertz CT molecular complexity index is 745. The fourth-order valence-corrected chi connectivity index (χ4v) is 3.43. The maximum absolute atomic E-state index is 12.4. The summed E-state index contributed by atoms with van der Waals surface area (Å²) in [6, 6.07) is 5.16. The third-order valence-corrected chi connectivity index (χ3v) is 4.49. The van der Waals surface area contributed by atoms with Crippen LogP contribution in [0.5, 0.6) is 5.75 Å². The first-order valence-electron chi connectivity index (χ1n) is 6.65. The molecule has 7 nitrogen and oxygen atoms in total. The molecule has 24 heavy (non-hydrogen) atoms. The Morgan fingerprint density at radius 1 is 1.42 bits per heavy atom. The molecule has 0 radical (unpaired) electrons. The summed E-state index contributed by atoms with van der Waals surface area (Å²) in [4.78, 5) is 35.2. The van der Waals surface area contributed by atoms with Gasteiger partial charge in [0.25, 0.3) is 5.91 Å². The van der Waals surface area contributed by atoms with Gasteiger partial charge in [-0.2, -0.15) is 0 Å². The first kappa shape index (κ1) is 18.0. The van der Waals surface area contributed by atoms with E-state index in [1.54, 1.807) is 24.3 Å². The molecule has 0 unspecified atom stereocenters. The van der Waals surface area contributed by atoms with Crippen LogP contribution in [0, 0.1) is 0 Å². The van der Waals surface area contributed by atoms with Gasteiger partial charge in [0.1, 0.15) is 10.1 Å². The molecule has 1 aliphatic heterocycles. The third-order valence-electron chi connectivity index (χ3n) is 3.16. The van der Waals surface area contributed by atoms with Crippen molar-refractivity contribution >= 4 is 52.2 Å². The Kier molecular flexibility index (Phi) is 5.58. The van der Waals surface area contributed by atoms with E-state index in [0.717, 1.165) is 16.7 Å². The summed E-state index contributed by atoms with van der Waals surface area (Å²) >= 11 is 5.89. The topological polar surface area (TPSA) is 110 Å². The van der Waals surface area contributed by atoms with Crippen LogP contribution in [-0.2, 0) is 14.4 Å². The molecule has 9 heteroatoms. The number of carboxylic acid groups (broad SMARTS) is 2. The van der Waals surface area contributed by atoms with E-state index in [1.807, 2.05) is 0 Å². The van der Waals surface area contributed by atoms with E-state index in [-0.39, 0.29) is 9.23 Å². The van der Waals surface area contributed by atoms with Crippen molar-refractivity contribution in [3.63, 3.8) is 0 Å². The van der Waals surface area contributed by atoms with Gasteiger partial charge in [-0.15, -0.1) is 0 Å². The van der Waals surface area contributed by atoms with Gasteiger partial charge in [0, 0.05) is 12.4 Å². The largest absolute Gasteiger partial charge is 0.550 e. The Morgan fingerprint density at radius 2 is 2.12 bits per heavy atom. The molecule has 0 aromatic heterocycles. The van der Waals surface area contributed by atoms with Crippen molar-refractivity contribution in [2.75, 3.05) is 7.11 Å². The maximum atomic E-state index is 12.4. The molecule has 126 valence electrons. The third kappa shape index (κ3) is 3.92. The average molecular weight is 365 g/mol. The molecule has 1 saturated heterocycles. The normalized spacial score (nSPS) is 17.2. The quantitative estimate of drug-likeness (QED) is 0.474. The van der Waals surface area contributed by atoms with Crippen molar-refractivity contribution in [2.24, 2.45) is 0 Å². The molecule has 0 spiro atoms. The SMILES string of the molecule is COc1cccc(/C=C2\SC(=S)N([C@@H](CC(=O)[O-])C(=O)[O-])C2=O)c1. The minimum atomic E-state index is -1.71. The van der Waals surface area contributed by atoms with E-state index in [2.05, 4.69) is 0 Å². The highest BCUT2D eigenvalue weighted by Crippen LogP contribution is 2.34. The van der Waals surface area contributed by atoms with Crippen LogP contribution in [0.15, 0.2) is 29.2 Å². The minimum absolute atomic E-state index is 0.0513. The summed E-state index contributed by atoms with van der Waals surface area (Å²) in [5.41, 5.74) is 0.653. The summed E-state index contributed by atoms with van der Waals surface area (Å²) in [6.07, 6.45) is 0.619. The minimum Gasteiger partial charge on any atom is -0.550 e. The van der Waals surface area contributed by atoms with Gasteiger partial charge >= 0.3 is 0 Å². The lowest BCUT2D eigenvalue weighted by Crippen LogP contribution is -2.52. The molecule has 1 amide bonds. The number of rotatable bonds is 6. The van der Waals surface area contributed by atoms with Gasteiger partial charge in [-0.1, -0.05) is 36.1 Å². The van der Waals surface area contributed by atoms with Crippen LogP contribution < -0.4 is 14.9 Å². The molecule has 1 fully saturated rings. The fourth-order valence-electron chi connectivity index (χ4n) is 2.07. The molecule has 1 aromatic carbocycles. The second-order valence-corrected chi connectivity index (χ2v) is 6.42. The number of carbonyl (C=O) groups is 3. The van der Waals surface area contributed by atoms with Crippen molar-refractivity contribution in [3.05, 3.63) is 34.7 Å². The first-order chi connectivity index (χ1) is 11.3. The highest BCUT2D eigenvalue weighted by Gasteiger charge is 2.37. The second kappa shape index (κ2) is 7.45. The average Bonchev–Trinajstić information content (AvgIpc) is 2.79. The highest BCUT2D eigenvalue weighted by molar-refractivity contribution is 8.26. The Hall–Kier alpha value is -2.39. The molecular formula is C15H11NO6S2-2. The van der Waals surface area contributed by atoms with E-state index < -0.39 is 30.3 Å². The summed E-state index contributed by atoms with van der Waals surface area (Å²) in [5, 5.41) is 21.9. The van der Waals surface area contributed by atoms with E-state index in [1.165, 1.54) is 13.2 Å². The van der Waals surface area contributed by atoms with Crippen LogP contribution in [0.2, 0.25) is 0 Å². The van der Waals surface area contributed by atoms with Crippen LogP contribution in [0.1, 0.15) is 12.0 Å². The monoisotopic (exact) mass is 365 g/mol. The zero-order valence-corrected chi connectivity index (χ0v) is 14.0. The Labute approximate surface area is 146 Å². The number of thioether (sulfide) groups is 1. The van der Waals surface area contributed by atoms with Crippen molar-refractivity contribution in [3.8, 4) is 5.75 Å².